The molecule has 2 heterocycles. The third-order valence-corrected chi connectivity index (χ3v) is 8.24. The number of nitrogens with zero attached hydrogens (tertiary/aromatic N) is 1. The highest BCUT2D eigenvalue weighted by atomic mass is 16.4. The first-order valence-electron chi connectivity index (χ1n) is 14.8. The average Bonchev–Trinajstić information content (AvgIpc) is 3.70. The van der Waals surface area contributed by atoms with Crippen LogP contribution in [0.2, 0.25) is 0 Å². The summed E-state index contributed by atoms with van der Waals surface area (Å²) in [6.45, 7) is 1.12. The van der Waals surface area contributed by atoms with Crippen molar-refractivity contribution in [2.24, 2.45) is 0 Å². The van der Waals surface area contributed by atoms with E-state index in [4.69, 9.17) is 0 Å². The molecule has 2 fully saturated rings. The number of hydrogen-bond acceptors (Lipinski definition) is 5. The lowest BCUT2D eigenvalue weighted by Gasteiger charge is -2.28. The van der Waals surface area contributed by atoms with Crippen molar-refractivity contribution in [3.05, 3.63) is 83.9 Å². The second-order valence-electron chi connectivity index (χ2n) is 11.2. The minimum Gasteiger partial charge on any atom is -0.480 e. The van der Waals surface area contributed by atoms with Crippen LogP contribution in [-0.2, 0) is 32.0 Å². The largest absolute Gasteiger partial charge is 0.480 e. The summed E-state index contributed by atoms with van der Waals surface area (Å²) in [6.07, 6.45) is 3.31. The van der Waals surface area contributed by atoms with Crippen LogP contribution in [0.25, 0.3) is 10.8 Å². The Kier molecular flexibility index (Phi) is 9.48. The van der Waals surface area contributed by atoms with Gasteiger partial charge in [0.15, 0.2) is 0 Å². The lowest BCUT2D eigenvalue weighted by atomic mass is 9.97. The van der Waals surface area contributed by atoms with Crippen molar-refractivity contribution >= 4 is 34.5 Å². The van der Waals surface area contributed by atoms with Crippen LogP contribution < -0.4 is 16.0 Å². The first-order valence-corrected chi connectivity index (χ1v) is 14.8. The second kappa shape index (κ2) is 13.6. The molecular weight excluding hydrogens is 532 g/mol. The molecule has 9 heteroatoms. The minimum atomic E-state index is -1.04. The summed E-state index contributed by atoms with van der Waals surface area (Å²) in [5, 5.41) is 20.9. The van der Waals surface area contributed by atoms with E-state index >= 15 is 0 Å². The molecule has 0 spiro atoms. The Bertz CT molecular complexity index is 1420. The Morgan fingerprint density at radius 1 is 0.881 bits per heavy atom. The van der Waals surface area contributed by atoms with E-state index in [0.717, 1.165) is 41.3 Å². The molecule has 4 unspecified atom stereocenters. The number of carboxylic acid groups (broad SMARTS) is 1. The molecular formula is C33H38N4O5. The Morgan fingerprint density at radius 3 is 2.40 bits per heavy atom. The van der Waals surface area contributed by atoms with E-state index in [-0.39, 0.29) is 30.7 Å². The molecule has 2 aliphatic heterocycles. The molecule has 0 saturated carbocycles. The summed E-state index contributed by atoms with van der Waals surface area (Å²) in [7, 11) is 0. The fourth-order valence-electron chi connectivity index (χ4n) is 6.14. The molecule has 220 valence electrons. The molecule has 0 aromatic heterocycles. The highest BCUT2D eigenvalue weighted by Crippen LogP contribution is 2.23. The van der Waals surface area contributed by atoms with Gasteiger partial charge in [-0.15, -0.1) is 0 Å². The summed E-state index contributed by atoms with van der Waals surface area (Å²) in [6, 6.07) is 20.7. The van der Waals surface area contributed by atoms with Crippen LogP contribution in [0.3, 0.4) is 0 Å². The van der Waals surface area contributed by atoms with Gasteiger partial charge in [-0.3, -0.25) is 14.4 Å². The lowest BCUT2D eigenvalue weighted by molar-refractivity contribution is -0.149. The van der Waals surface area contributed by atoms with Crippen LogP contribution in [0.15, 0.2) is 72.8 Å². The number of rotatable bonds is 11. The van der Waals surface area contributed by atoms with Crippen LogP contribution in [0.5, 0.6) is 0 Å². The van der Waals surface area contributed by atoms with E-state index in [0.29, 0.717) is 25.8 Å². The van der Waals surface area contributed by atoms with Crippen LogP contribution >= 0.6 is 0 Å². The second-order valence-corrected chi connectivity index (χ2v) is 11.2. The molecule has 2 aliphatic rings. The van der Waals surface area contributed by atoms with Crippen molar-refractivity contribution in [2.75, 3.05) is 13.1 Å². The van der Waals surface area contributed by atoms with Crippen molar-refractivity contribution in [1.29, 1.82) is 0 Å². The molecule has 0 aliphatic carbocycles. The maximum absolute atomic E-state index is 13.8. The van der Waals surface area contributed by atoms with E-state index in [1.54, 1.807) is 0 Å². The van der Waals surface area contributed by atoms with Gasteiger partial charge in [0, 0.05) is 25.4 Å². The fourth-order valence-corrected chi connectivity index (χ4v) is 6.14. The zero-order valence-electron chi connectivity index (χ0n) is 23.6. The van der Waals surface area contributed by atoms with Crippen molar-refractivity contribution in [1.82, 2.24) is 20.9 Å². The van der Waals surface area contributed by atoms with Gasteiger partial charge in [-0.25, -0.2) is 4.79 Å². The molecule has 3 aromatic carbocycles. The summed E-state index contributed by atoms with van der Waals surface area (Å²) in [5.74, 6) is -1.95. The van der Waals surface area contributed by atoms with Crippen LogP contribution in [-0.4, -0.2) is 71.0 Å². The Hall–Kier alpha value is -4.24. The predicted octanol–water partition coefficient (Wildman–Crippen LogP) is 2.81. The van der Waals surface area contributed by atoms with Crippen LogP contribution in [0.4, 0.5) is 0 Å². The van der Waals surface area contributed by atoms with Gasteiger partial charge in [0.1, 0.15) is 12.1 Å². The maximum atomic E-state index is 13.8. The lowest BCUT2D eigenvalue weighted by Crippen LogP contribution is -2.54. The first-order chi connectivity index (χ1) is 20.4. The number of amides is 3. The van der Waals surface area contributed by atoms with Crippen molar-refractivity contribution in [3.63, 3.8) is 0 Å². The molecule has 9 nitrogen and oxygen atoms in total. The first kappa shape index (κ1) is 29.3. The third-order valence-electron chi connectivity index (χ3n) is 8.24. The van der Waals surface area contributed by atoms with E-state index in [1.807, 2.05) is 72.8 Å². The van der Waals surface area contributed by atoms with Gasteiger partial charge in [-0.05, 0) is 60.5 Å². The summed E-state index contributed by atoms with van der Waals surface area (Å²) in [5.41, 5.74) is 1.87. The number of nitrogens with one attached hydrogen (secondary N) is 3. The van der Waals surface area contributed by atoms with Gasteiger partial charge in [0.05, 0.1) is 6.04 Å². The fraction of sp³-hybridized carbons (Fsp3) is 0.394. The monoisotopic (exact) mass is 570 g/mol. The molecule has 4 atom stereocenters. The van der Waals surface area contributed by atoms with Gasteiger partial charge in [0.2, 0.25) is 17.7 Å². The van der Waals surface area contributed by atoms with Gasteiger partial charge < -0.3 is 26.0 Å². The molecule has 0 radical (unpaired) electrons. The molecule has 2 saturated heterocycles. The van der Waals surface area contributed by atoms with Gasteiger partial charge in [-0.2, -0.15) is 0 Å². The number of hydrogen-bond donors (Lipinski definition) is 4. The third kappa shape index (κ3) is 7.15. The van der Waals surface area contributed by atoms with Crippen molar-refractivity contribution in [2.45, 2.75) is 69.1 Å². The van der Waals surface area contributed by atoms with E-state index in [2.05, 4.69) is 16.0 Å². The minimum absolute atomic E-state index is 0.0188. The highest BCUT2D eigenvalue weighted by Gasteiger charge is 2.38. The SMILES string of the molecule is O=C(CC(Cc1ccccc1)NC(=O)C1CCCN1)NC(Cc1cccc2ccccc12)C(=O)N1CCCC1C(=O)O. The number of carboxylic acids is 1. The van der Waals surface area contributed by atoms with Crippen molar-refractivity contribution < 1.29 is 24.3 Å². The average molecular weight is 571 g/mol. The molecule has 0 bridgehead atoms. The number of fused-ring (bicyclic) bond motifs is 1. The number of aliphatic carboxylic acids is 1. The Balaban J connectivity index is 1.36. The zero-order chi connectivity index (χ0) is 29.5. The normalized spacial score (nSPS) is 19.8. The summed E-state index contributed by atoms with van der Waals surface area (Å²) in [4.78, 5) is 53.7. The Morgan fingerprint density at radius 2 is 1.64 bits per heavy atom. The number of carbonyl (C=O) groups excluding carboxylic acids is 3. The maximum Gasteiger partial charge on any atom is 0.326 e. The summed E-state index contributed by atoms with van der Waals surface area (Å²) < 4.78 is 0. The van der Waals surface area contributed by atoms with Gasteiger partial charge in [-0.1, -0.05) is 72.8 Å². The highest BCUT2D eigenvalue weighted by molar-refractivity contribution is 5.93. The molecule has 42 heavy (non-hydrogen) atoms. The molecule has 4 N–H and O–H groups in total. The van der Waals surface area contributed by atoms with Crippen LogP contribution in [0.1, 0.15) is 43.2 Å². The number of likely N-dealkylation sites (tertiary alicyclic amines) is 1. The van der Waals surface area contributed by atoms with Crippen molar-refractivity contribution in [3.8, 4) is 0 Å². The molecule has 5 rings (SSSR count). The molecule has 3 aromatic rings. The van der Waals surface area contributed by atoms with E-state index < -0.39 is 30.0 Å². The quantitative estimate of drug-likeness (QED) is 0.281. The smallest absolute Gasteiger partial charge is 0.326 e. The van der Waals surface area contributed by atoms with Gasteiger partial charge in [0.25, 0.3) is 0 Å². The van der Waals surface area contributed by atoms with E-state index in [1.165, 1.54) is 4.90 Å². The van der Waals surface area contributed by atoms with E-state index in [9.17, 15) is 24.3 Å². The molecule has 3 amide bonds. The predicted molar refractivity (Wildman–Crippen MR) is 160 cm³/mol. The standard InChI is InChI=1S/C33H38N4O5/c38-30(21-25(19-22-9-2-1-3-10-22)35-31(39)27-15-7-17-34-27)36-28(32(40)37-18-8-16-29(37)33(41)42)20-24-13-6-12-23-11-4-5-14-26(23)24/h1-6,9-14,25,27-29,34H,7-8,15-21H2,(H,35,39)(H,36,38)(H,41,42). The number of carbonyl (C=O) groups is 4. The topological polar surface area (TPSA) is 128 Å². The van der Waals surface area contributed by atoms with Crippen LogP contribution in [0, 0.1) is 0 Å². The zero-order valence-corrected chi connectivity index (χ0v) is 23.6. The Labute approximate surface area is 245 Å². The van der Waals surface area contributed by atoms with Gasteiger partial charge >= 0.3 is 5.97 Å². The summed E-state index contributed by atoms with van der Waals surface area (Å²) >= 11 is 0. The number of benzene rings is 3.